The number of piperazine rings is 1. The third-order valence-corrected chi connectivity index (χ3v) is 3.44. The predicted octanol–water partition coefficient (Wildman–Crippen LogP) is -0.644. The highest BCUT2D eigenvalue weighted by Crippen LogP contribution is 2.19. The van der Waals surface area contributed by atoms with Crippen LogP contribution in [0, 0.1) is 0 Å². The highest BCUT2D eigenvalue weighted by atomic mass is 16.2. The van der Waals surface area contributed by atoms with Crippen LogP contribution in [0.15, 0.2) is 18.3 Å². The SMILES string of the molecule is CCNC(=O)c1cc(N2CCNCC2C(=O)NC)ccn1. The average molecular weight is 291 g/mol. The number of rotatable bonds is 4. The van der Waals surface area contributed by atoms with Gasteiger partial charge >= 0.3 is 0 Å². The summed E-state index contributed by atoms with van der Waals surface area (Å²) >= 11 is 0. The molecule has 1 aromatic heterocycles. The van der Waals surface area contributed by atoms with Crippen LogP contribution >= 0.6 is 0 Å². The smallest absolute Gasteiger partial charge is 0.269 e. The Labute approximate surface area is 124 Å². The molecule has 1 atom stereocenters. The summed E-state index contributed by atoms with van der Waals surface area (Å²) in [5.74, 6) is -0.246. The van der Waals surface area contributed by atoms with Crippen molar-refractivity contribution in [2.24, 2.45) is 0 Å². The highest BCUT2D eigenvalue weighted by molar-refractivity contribution is 5.93. The average Bonchev–Trinajstić information content (AvgIpc) is 2.54. The topological polar surface area (TPSA) is 86.4 Å². The van der Waals surface area contributed by atoms with Crippen LogP contribution in [0.4, 0.5) is 5.69 Å². The number of hydrogen-bond acceptors (Lipinski definition) is 5. The number of pyridine rings is 1. The van der Waals surface area contributed by atoms with E-state index in [1.54, 1.807) is 19.3 Å². The zero-order valence-electron chi connectivity index (χ0n) is 12.3. The van der Waals surface area contributed by atoms with Crippen molar-refractivity contribution in [1.29, 1.82) is 0 Å². The Balaban J connectivity index is 2.24. The first-order chi connectivity index (χ1) is 10.2. The van der Waals surface area contributed by atoms with E-state index in [9.17, 15) is 9.59 Å². The Morgan fingerprint density at radius 3 is 3.05 bits per heavy atom. The van der Waals surface area contributed by atoms with Crippen molar-refractivity contribution >= 4 is 17.5 Å². The first-order valence-corrected chi connectivity index (χ1v) is 7.10. The molecular formula is C14H21N5O2. The summed E-state index contributed by atoms with van der Waals surface area (Å²) in [4.78, 5) is 29.9. The van der Waals surface area contributed by atoms with Crippen LogP contribution in [0.5, 0.6) is 0 Å². The van der Waals surface area contributed by atoms with Gasteiger partial charge in [-0.05, 0) is 19.1 Å². The maximum absolute atomic E-state index is 12.0. The fourth-order valence-corrected chi connectivity index (χ4v) is 2.39. The third-order valence-electron chi connectivity index (χ3n) is 3.44. The lowest BCUT2D eigenvalue weighted by atomic mass is 10.1. The molecule has 1 fully saturated rings. The molecule has 7 heteroatoms. The van der Waals surface area contributed by atoms with Crippen LogP contribution in [0.3, 0.4) is 0 Å². The lowest BCUT2D eigenvalue weighted by Gasteiger charge is -2.36. The van der Waals surface area contributed by atoms with Crippen molar-refractivity contribution in [2.75, 3.05) is 38.1 Å². The van der Waals surface area contributed by atoms with Crippen molar-refractivity contribution < 1.29 is 9.59 Å². The van der Waals surface area contributed by atoms with Gasteiger partial charge in [0.05, 0.1) is 0 Å². The van der Waals surface area contributed by atoms with Gasteiger partial charge in [-0.2, -0.15) is 0 Å². The first kappa shape index (κ1) is 15.2. The third kappa shape index (κ3) is 3.49. The maximum Gasteiger partial charge on any atom is 0.269 e. The van der Waals surface area contributed by atoms with Crippen LogP contribution in [0.25, 0.3) is 0 Å². The standard InChI is InChI=1S/C14H21N5O2/c1-3-17-13(20)11-8-10(4-5-18-11)19-7-6-16-9-12(19)14(21)15-2/h4-5,8,12,16H,3,6-7,9H2,1-2H3,(H,15,21)(H,17,20). The van der Waals surface area contributed by atoms with Crippen molar-refractivity contribution in [3.05, 3.63) is 24.0 Å². The normalized spacial score (nSPS) is 18.2. The molecule has 0 radical (unpaired) electrons. The summed E-state index contributed by atoms with van der Waals surface area (Å²) in [6.45, 7) is 4.50. The predicted molar refractivity (Wildman–Crippen MR) is 80.3 cm³/mol. The molecule has 0 aromatic carbocycles. The van der Waals surface area contributed by atoms with Gasteiger partial charge in [-0.3, -0.25) is 14.6 Å². The van der Waals surface area contributed by atoms with Gasteiger partial charge in [-0.25, -0.2) is 0 Å². The molecule has 1 aromatic rings. The molecule has 21 heavy (non-hydrogen) atoms. The molecule has 7 nitrogen and oxygen atoms in total. The monoisotopic (exact) mass is 291 g/mol. The van der Waals surface area contributed by atoms with Crippen molar-refractivity contribution in [3.63, 3.8) is 0 Å². The van der Waals surface area contributed by atoms with E-state index in [1.165, 1.54) is 0 Å². The van der Waals surface area contributed by atoms with Crippen LogP contribution < -0.4 is 20.9 Å². The second kappa shape index (κ2) is 7.03. The number of nitrogens with zero attached hydrogens (tertiary/aromatic N) is 2. The van der Waals surface area contributed by atoms with Gasteiger partial charge < -0.3 is 20.9 Å². The minimum atomic E-state index is -0.284. The van der Waals surface area contributed by atoms with E-state index in [0.717, 1.165) is 12.2 Å². The van der Waals surface area contributed by atoms with Crippen molar-refractivity contribution in [1.82, 2.24) is 20.9 Å². The molecule has 1 unspecified atom stereocenters. The number of carbonyl (C=O) groups is 2. The van der Waals surface area contributed by atoms with Crippen molar-refractivity contribution in [2.45, 2.75) is 13.0 Å². The largest absolute Gasteiger partial charge is 0.357 e. The number of anilines is 1. The second-order valence-corrected chi connectivity index (χ2v) is 4.79. The highest BCUT2D eigenvalue weighted by Gasteiger charge is 2.28. The van der Waals surface area contributed by atoms with Gasteiger partial charge in [-0.15, -0.1) is 0 Å². The van der Waals surface area contributed by atoms with Gasteiger partial charge in [0.25, 0.3) is 5.91 Å². The zero-order valence-corrected chi connectivity index (χ0v) is 12.3. The Morgan fingerprint density at radius 2 is 2.33 bits per heavy atom. The molecule has 1 aliphatic rings. The zero-order chi connectivity index (χ0) is 15.2. The van der Waals surface area contributed by atoms with Crippen LogP contribution in [0.2, 0.25) is 0 Å². The summed E-state index contributed by atoms with van der Waals surface area (Å²) in [7, 11) is 1.63. The second-order valence-electron chi connectivity index (χ2n) is 4.79. The van der Waals surface area contributed by atoms with Gasteiger partial charge in [0.1, 0.15) is 11.7 Å². The van der Waals surface area contributed by atoms with Crippen molar-refractivity contribution in [3.8, 4) is 0 Å². The van der Waals surface area contributed by atoms with E-state index in [-0.39, 0.29) is 17.9 Å². The fourth-order valence-electron chi connectivity index (χ4n) is 2.39. The van der Waals surface area contributed by atoms with E-state index < -0.39 is 0 Å². The summed E-state index contributed by atoms with van der Waals surface area (Å²) in [5.41, 5.74) is 1.20. The van der Waals surface area contributed by atoms with E-state index in [2.05, 4.69) is 20.9 Å². The van der Waals surface area contributed by atoms with Crippen LogP contribution in [-0.2, 0) is 4.79 Å². The van der Waals surface area contributed by atoms with Gasteiger partial charge in [0, 0.05) is 45.1 Å². The number of nitrogens with one attached hydrogen (secondary N) is 3. The Hall–Kier alpha value is -2.15. The minimum absolute atomic E-state index is 0.0430. The molecule has 3 N–H and O–H groups in total. The van der Waals surface area contributed by atoms with E-state index in [0.29, 0.717) is 25.3 Å². The summed E-state index contributed by atoms with van der Waals surface area (Å²) in [6, 6.07) is 3.27. The molecule has 0 aliphatic carbocycles. The number of carbonyl (C=O) groups excluding carboxylic acids is 2. The molecular weight excluding hydrogens is 270 g/mol. The maximum atomic E-state index is 12.0. The van der Waals surface area contributed by atoms with Crippen LogP contribution in [-0.4, -0.2) is 56.1 Å². The summed E-state index contributed by atoms with van der Waals surface area (Å²) in [6.07, 6.45) is 1.60. The Morgan fingerprint density at radius 1 is 1.52 bits per heavy atom. The number of amides is 2. The van der Waals surface area contributed by atoms with Gasteiger partial charge in [0.15, 0.2) is 0 Å². The number of hydrogen-bond donors (Lipinski definition) is 3. The minimum Gasteiger partial charge on any atom is -0.357 e. The Kier molecular flexibility index (Phi) is 5.10. The van der Waals surface area contributed by atoms with E-state index in [1.807, 2.05) is 17.9 Å². The van der Waals surface area contributed by atoms with Gasteiger partial charge in [0.2, 0.25) is 5.91 Å². The summed E-state index contributed by atoms with van der Waals surface area (Å²) < 4.78 is 0. The first-order valence-electron chi connectivity index (χ1n) is 7.10. The number of aromatic nitrogens is 1. The Bertz CT molecular complexity index is 520. The molecule has 114 valence electrons. The van der Waals surface area contributed by atoms with Gasteiger partial charge in [-0.1, -0.05) is 0 Å². The number of likely N-dealkylation sites (N-methyl/N-ethyl adjacent to an activating group) is 1. The fraction of sp³-hybridized carbons (Fsp3) is 0.500. The molecule has 0 saturated carbocycles. The van der Waals surface area contributed by atoms with E-state index >= 15 is 0 Å². The molecule has 1 saturated heterocycles. The molecule has 2 amide bonds. The molecule has 0 spiro atoms. The molecule has 2 heterocycles. The van der Waals surface area contributed by atoms with Crippen LogP contribution in [0.1, 0.15) is 17.4 Å². The lowest BCUT2D eigenvalue weighted by molar-refractivity contribution is -0.122. The molecule has 1 aliphatic heterocycles. The quantitative estimate of drug-likeness (QED) is 0.687. The molecule has 0 bridgehead atoms. The molecule has 2 rings (SSSR count). The summed E-state index contributed by atoms with van der Waals surface area (Å²) in [5, 5.41) is 8.61. The lowest BCUT2D eigenvalue weighted by Crippen LogP contribution is -2.57. The van der Waals surface area contributed by atoms with E-state index in [4.69, 9.17) is 0 Å².